The molecule has 0 aromatic carbocycles. The van der Waals surface area contributed by atoms with E-state index >= 15 is 0 Å². The highest BCUT2D eigenvalue weighted by Gasteiger charge is 2.28. The van der Waals surface area contributed by atoms with Crippen molar-refractivity contribution in [3.8, 4) is 0 Å². The van der Waals surface area contributed by atoms with E-state index in [9.17, 15) is 19.4 Å². The second-order valence-corrected chi connectivity index (χ2v) is 17.2. The topological polar surface area (TPSA) is 105 Å². The number of nitrogens with zero attached hydrogens (tertiary/aromatic N) is 1. The van der Waals surface area contributed by atoms with E-state index in [2.05, 4.69) is 43.5 Å². The quantitative estimate of drug-likeness (QED) is 0.0252. The van der Waals surface area contributed by atoms with Crippen LogP contribution >= 0.6 is 7.82 Å². The first-order valence-corrected chi connectivity index (χ1v) is 22.7. The van der Waals surface area contributed by atoms with Crippen molar-refractivity contribution >= 4 is 13.7 Å². The molecular weight excluding hydrogens is 659 g/mol. The highest BCUT2D eigenvalue weighted by Crippen LogP contribution is 2.43. The van der Waals surface area contributed by atoms with E-state index in [0.29, 0.717) is 23.9 Å². The molecule has 0 fully saturated rings. The summed E-state index contributed by atoms with van der Waals surface area (Å²) in [5, 5.41) is 13.9. The average molecular weight is 744 g/mol. The van der Waals surface area contributed by atoms with Crippen LogP contribution in [-0.2, 0) is 18.4 Å². The van der Waals surface area contributed by atoms with Crippen molar-refractivity contribution in [2.45, 2.75) is 199 Å². The van der Waals surface area contributed by atoms with E-state index in [1.165, 1.54) is 109 Å². The SMILES string of the molecule is CCCCCC/C=C\C/C=C\CCCCCCCCCC(=O)NC(COP(=O)(O)OCC[N+](C)(C)C)C(O)CCCCCCCCCCCCC. The van der Waals surface area contributed by atoms with Gasteiger partial charge in [0, 0.05) is 6.42 Å². The molecule has 0 bridgehead atoms. The number of rotatable bonds is 38. The number of nitrogens with one attached hydrogen (secondary N) is 1. The van der Waals surface area contributed by atoms with E-state index in [0.717, 1.165) is 51.4 Å². The number of likely N-dealkylation sites (N-methyl/N-ethyl adjacent to an activating group) is 1. The molecule has 0 aromatic rings. The first-order chi connectivity index (χ1) is 24.5. The lowest BCUT2D eigenvalue weighted by atomic mass is 10.0. The number of hydrogen-bond acceptors (Lipinski definition) is 5. The first-order valence-electron chi connectivity index (χ1n) is 21.2. The van der Waals surface area contributed by atoms with Crippen molar-refractivity contribution in [1.82, 2.24) is 5.32 Å². The number of carbonyl (C=O) groups is 1. The Kier molecular flexibility index (Phi) is 34.0. The summed E-state index contributed by atoms with van der Waals surface area (Å²) in [5.74, 6) is -0.154. The number of hydrogen-bond donors (Lipinski definition) is 3. The number of aliphatic hydroxyl groups excluding tert-OH is 1. The molecule has 3 atom stereocenters. The zero-order chi connectivity index (χ0) is 37.9. The molecule has 0 radical (unpaired) electrons. The summed E-state index contributed by atoms with van der Waals surface area (Å²) >= 11 is 0. The first kappa shape index (κ1) is 50.0. The number of unbranched alkanes of at least 4 members (excludes halogenated alkanes) is 21. The second kappa shape index (κ2) is 34.7. The van der Waals surface area contributed by atoms with Crippen LogP contribution in [-0.4, -0.2) is 73.4 Å². The molecule has 0 rings (SSSR count). The number of carbonyl (C=O) groups excluding carboxylic acids is 1. The Morgan fingerprint density at radius 1 is 0.667 bits per heavy atom. The largest absolute Gasteiger partial charge is 0.472 e. The molecule has 1 amide bonds. The Labute approximate surface area is 315 Å². The Morgan fingerprint density at radius 2 is 1.12 bits per heavy atom. The Morgan fingerprint density at radius 3 is 1.63 bits per heavy atom. The number of amides is 1. The van der Waals surface area contributed by atoms with Crippen LogP contribution in [0.5, 0.6) is 0 Å². The van der Waals surface area contributed by atoms with E-state index in [4.69, 9.17) is 9.05 Å². The van der Waals surface area contributed by atoms with Gasteiger partial charge in [0.25, 0.3) is 0 Å². The van der Waals surface area contributed by atoms with Gasteiger partial charge in [-0.2, -0.15) is 0 Å². The van der Waals surface area contributed by atoms with Gasteiger partial charge in [-0.05, 0) is 44.9 Å². The third-order valence-electron chi connectivity index (χ3n) is 9.45. The molecule has 3 unspecified atom stereocenters. The van der Waals surface area contributed by atoms with E-state index in [-0.39, 0.29) is 19.1 Å². The summed E-state index contributed by atoms with van der Waals surface area (Å²) in [6, 6.07) is -0.760. The molecule has 8 nitrogen and oxygen atoms in total. The number of quaternary nitrogens is 1. The third kappa shape index (κ3) is 37.1. The maximum Gasteiger partial charge on any atom is 0.472 e. The summed E-state index contributed by atoms with van der Waals surface area (Å²) in [5.41, 5.74) is 0. The van der Waals surface area contributed by atoms with Crippen LogP contribution in [0.4, 0.5) is 0 Å². The number of aliphatic hydroxyl groups is 1. The predicted molar refractivity (Wildman–Crippen MR) is 217 cm³/mol. The molecule has 302 valence electrons. The van der Waals surface area contributed by atoms with Crippen LogP contribution in [0.3, 0.4) is 0 Å². The zero-order valence-corrected chi connectivity index (χ0v) is 35.0. The van der Waals surface area contributed by atoms with Gasteiger partial charge in [0.1, 0.15) is 13.2 Å². The molecule has 0 aromatic heterocycles. The smallest absolute Gasteiger partial charge is 0.391 e. The van der Waals surface area contributed by atoms with Gasteiger partial charge in [0.2, 0.25) is 5.91 Å². The molecule has 51 heavy (non-hydrogen) atoms. The lowest BCUT2D eigenvalue weighted by Crippen LogP contribution is -2.46. The standard InChI is InChI=1S/C42H83N2O6P/c1-6-8-10-12-14-16-18-19-20-21-22-23-24-26-28-30-32-34-36-42(46)43-40(39-50-51(47,48)49-38-37-44(3,4)5)41(45)35-33-31-29-27-25-17-15-13-11-9-7-2/h16,18,20-21,40-41,45H,6-15,17,19,22-39H2,1-5H3,(H-,43,46,47,48)/p+1/b18-16-,21-20-. The van der Waals surface area contributed by atoms with Crippen molar-refractivity contribution in [2.24, 2.45) is 0 Å². The third-order valence-corrected chi connectivity index (χ3v) is 10.4. The van der Waals surface area contributed by atoms with Crippen LogP contribution in [0, 0.1) is 0 Å². The fourth-order valence-corrected chi connectivity index (χ4v) is 6.75. The maximum absolute atomic E-state index is 12.8. The molecular formula is C42H84N2O6P+. The minimum Gasteiger partial charge on any atom is -0.391 e. The highest BCUT2D eigenvalue weighted by molar-refractivity contribution is 7.47. The monoisotopic (exact) mass is 744 g/mol. The number of phosphoric acid groups is 1. The van der Waals surface area contributed by atoms with Crippen LogP contribution < -0.4 is 5.32 Å². The highest BCUT2D eigenvalue weighted by atomic mass is 31.2. The van der Waals surface area contributed by atoms with Crippen molar-refractivity contribution in [1.29, 1.82) is 0 Å². The molecule has 3 N–H and O–H groups in total. The average Bonchev–Trinajstić information content (AvgIpc) is 3.07. The molecule has 0 heterocycles. The van der Waals surface area contributed by atoms with E-state index in [1.54, 1.807) is 0 Å². The lowest BCUT2D eigenvalue weighted by Gasteiger charge is -2.26. The summed E-state index contributed by atoms with van der Waals surface area (Å²) in [6.07, 6.45) is 39.1. The minimum absolute atomic E-state index is 0.0732. The Hall–Kier alpha value is -1.02. The van der Waals surface area contributed by atoms with Gasteiger partial charge < -0.3 is 19.8 Å². The summed E-state index contributed by atoms with van der Waals surface area (Å²) in [7, 11) is 1.61. The fraction of sp³-hybridized carbons (Fsp3) is 0.881. The van der Waals surface area contributed by atoms with E-state index < -0.39 is 20.0 Å². The lowest BCUT2D eigenvalue weighted by molar-refractivity contribution is -0.870. The Bertz CT molecular complexity index is 891. The molecule has 0 aliphatic heterocycles. The zero-order valence-electron chi connectivity index (χ0n) is 34.1. The van der Waals surface area contributed by atoms with Crippen molar-refractivity contribution < 1.29 is 32.9 Å². The van der Waals surface area contributed by atoms with Gasteiger partial charge in [-0.3, -0.25) is 13.8 Å². The van der Waals surface area contributed by atoms with Crippen molar-refractivity contribution in [3.05, 3.63) is 24.3 Å². The molecule has 0 aliphatic rings. The summed E-state index contributed by atoms with van der Waals surface area (Å²) < 4.78 is 23.6. The van der Waals surface area contributed by atoms with Gasteiger partial charge in [0.15, 0.2) is 0 Å². The number of phosphoric ester groups is 1. The molecule has 9 heteroatoms. The van der Waals surface area contributed by atoms with Crippen LogP contribution in [0.25, 0.3) is 0 Å². The fourth-order valence-electron chi connectivity index (χ4n) is 6.02. The van der Waals surface area contributed by atoms with Crippen LogP contribution in [0.2, 0.25) is 0 Å². The van der Waals surface area contributed by atoms with Crippen LogP contribution in [0.15, 0.2) is 24.3 Å². The number of allylic oxidation sites excluding steroid dienone is 4. The van der Waals surface area contributed by atoms with Crippen LogP contribution in [0.1, 0.15) is 187 Å². The predicted octanol–water partition coefficient (Wildman–Crippen LogP) is 11.4. The molecule has 0 saturated heterocycles. The maximum atomic E-state index is 12.8. The molecule has 0 aliphatic carbocycles. The van der Waals surface area contributed by atoms with Gasteiger partial charge >= 0.3 is 7.82 Å². The Balaban J connectivity index is 4.37. The van der Waals surface area contributed by atoms with Gasteiger partial charge in [-0.1, -0.05) is 160 Å². The normalized spacial score (nSPS) is 14.7. The van der Waals surface area contributed by atoms with E-state index in [1.807, 2.05) is 21.1 Å². The van der Waals surface area contributed by atoms with Gasteiger partial charge in [0.05, 0.1) is 39.9 Å². The van der Waals surface area contributed by atoms with Gasteiger partial charge in [-0.25, -0.2) is 4.57 Å². The van der Waals surface area contributed by atoms with Gasteiger partial charge in [-0.15, -0.1) is 0 Å². The molecule has 0 spiro atoms. The minimum atomic E-state index is -4.31. The second-order valence-electron chi connectivity index (χ2n) is 15.7. The summed E-state index contributed by atoms with van der Waals surface area (Å²) in [4.78, 5) is 23.1. The van der Waals surface area contributed by atoms with Crippen molar-refractivity contribution in [3.63, 3.8) is 0 Å². The summed E-state index contributed by atoms with van der Waals surface area (Å²) in [6.45, 7) is 4.85. The molecule has 0 saturated carbocycles. The van der Waals surface area contributed by atoms with Crippen molar-refractivity contribution in [2.75, 3.05) is 40.9 Å².